The summed E-state index contributed by atoms with van der Waals surface area (Å²) in [5.41, 5.74) is 1.97. The molecule has 0 saturated heterocycles. The van der Waals surface area contributed by atoms with Gasteiger partial charge >= 0.3 is 0 Å². The molecule has 3 rings (SSSR count). The van der Waals surface area contributed by atoms with Gasteiger partial charge in [0, 0.05) is 5.56 Å². The fraction of sp³-hybridized carbons (Fsp3) is 0.316. The highest BCUT2D eigenvalue weighted by molar-refractivity contribution is 7.89. The quantitative estimate of drug-likeness (QED) is 0.865. The number of sulfonamides is 1. The van der Waals surface area contributed by atoms with Gasteiger partial charge in [0.05, 0.1) is 10.4 Å². The number of fused-ring (bicyclic) bond motifs is 1. The Hall–Kier alpha value is -1.98. The maximum atomic E-state index is 12.9. The van der Waals surface area contributed by atoms with Crippen LogP contribution in [0.1, 0.15) is 48.2 Å². The maximum Gasteiger partial charge on any atom is 0.241 e. The van der Waals surface area contributed by atoms with Crippen molar-refractivity contribution < 1.29 is 13.2 Å². The maximum absolute atomic E-state index is 12.9. The second kappa shape index (κ2) is 6.15. The molecule has 0 aromatic heterocycles. The van der Waals surface area contributed by atoms with Crippen LogP contribution < -0.4 is 4.72 Å². The molecule has 1 aliphatic rings. The Labute approximate surface area is 143 Å². The number of ketones is 1. The van der Waals surface area contributed by atoms with Gasteiger partial charge in [0.1, 0.15) is 0 Å². The highest BCUT2D eigenvalue weighted by Gasteiger charge is 2.36. The van der Waals surface area contributed by atoms with Crippen molar-refractivity contribution in [2.45, 2.75) is 43.5 Å². The molecule has 126 valence electrons. The first-order valence-electron chi connectivity index (χ1n) is 8.05. The van der Waals surface area contributed by atoms with Gasteiger partial charge in [0.2, 0.25) is 10.0 Å². The molecule has 0 saturated carbocycles. The van der Waals surface area contributed by atoms with Crippen molar-refractivity contribution >= 4 is 15.8 Å². The van der Waals surface area contributed by atoms with Crippen LogP contribution in [0.15, 0.2) is 53.4 Å². The van der Waals surface area contributed by atoms with Crippen molar-refractivity contribution in [3.05, 3.63) is 65.2 Å². The van der Waals surface area contributed by atoms with E-state index in [1.54, 1.807) is 12.1 Å². The molecule has 0 unspecified atom stereocenters. The van der Waals surface area contributed by atoms with Gasteiger partial charge in [-0.3, -0.25) is 4.79 Å². The molecule has 0 spiro atoms. The Bertz CT molecular complexity index is 889. The molecule has 0 bridgehead atoms. The molecule has 24 heavy (non-hydrogen) atoms. The molecule has 4 nitrogen and oxygen atoms in total. The minimum Gasteiger partial charge on any atom is -0.295 e. The third kappa shape index (κ3) is 3.14. The Morgan fingerprint density at radius 2 is 1.88 bits per heavy atom. The third-order valence-corrected chi connectivity index (χ3v) is 6.24. The number of hydrogen-bond acceptors (Lipinski definition) is 3. The van der Waals surface area contributed by atoms with Crippen molar-refractivity contribution in [3.63, 3.8) is 0 Å². The van der Waals surface area contributed by atoms with E-state index in [1.165, 1.54) is 24.6 Å². The smallest absolute Gasteiger partial charge is 0.241 e. The van der Waals surface area contributed by atoms with E-state index in [9.17, 15) is 13.2 Å². The van der Waals surface area contributed by atoms with Crippen LogP contribution in [0.3, 0.4) is 0 Å². The van der Waals surface area contributed by atoms with Crippen molar-refractivity contribution in [2.24, 2.45) is 0 Å². The summed E-state index contributed by atoms with van der Waals surface area (Å²) >= 11 is 0. The summed E-state index contributed by atoms with van der Waals surface area (Å²) in [5.74, 6) is -0.152. The van der Waals surface area contributed by atoms with Crippen LogP contribution in [0.25, 0.3) is 0 Å². The van der Waals surface area contributed by atoms with Crippen LogP contribution in [0.5, 0.6) is 0 Å². The average Bonchev–Trinajstić information content (AvgIpc) is 2.55. The molecule has 2 aromatic rings. The predicted octanol–water partition coefficient (Wildman–Crippen LogP) is 3.42. The molecule has 1 atom stereocenters. The van der Waals surface area contributed by atoms with Crippen molar-refractivity contribution in [2.75, 3.05) is 0 Å². The van der Waals surface area contributed by atoms with Crippen molar-refractivity contribution in [1.29, 1.82) is 0 Å². The molecule has 1 N–H and O–H groups in total. The van der Waals surface area contributed by atoms with Crippen LogP contribution in [-0.2, 0) is 22.0 Å². The zero-order valence-electron chi connectivity index (χ0n) is 13.9. The number of benzene rings is 2. The van der Waals surface area contributed by atoms with Gasteiger partial charge < -0.3 is 0 Å². The number of rotatable bonds is 4. The average molecular weight is 343 g/mol. The van der Waals surface area contributed by atoms with Crippen molar-refractivity contribution in [1.82, 2.24) is 4.72 Å². The van der Waals surface area contributed by atoms with Crippen molar-refractivity contribution in [3.8, 4) is 0 Å². The monoisotopic (exact) mass is 343 g/mol. The lowest BCUT2D eigenvalue weighted by atomic mass is 9.79. The van der Waals surface area contributed by atoms with E-state index in [2.05, 4.69) is 10.8 Å². The Balaban J connectivity index is 1.98. The van der Waals surface area contributed by atoms with Gasteiger partial charge in [-0.25, -0.2) is 13.1 Å². The van der Waals surface area contributed by atoms with Gasteiger partial charge in [-0.1, -0.05) is 36.4 Å². The second-order valence-corrected chi connectivity index (χ2v) is 8.21. The van der Waals surface area contributed by atoms with E-state index < -0.39 is 15.6 Å². The topological polar surface area (TPSA) is 63.2 Å². The summed E-state index contributed by atoms with van der Waals surface area (Å²) in [5, 5.41) is 0. The highest BCUT2D eigenvalue weighted by Crippen LogP contribution is 2.36. The SMILES string of the molecule is CC(=O)c1cccc(S(=O)(=O)N[C@@]2(C)CCCc3ccccc32)c1. The fourth-order valence-electron chi connectivity index (χ4n) is 3.39. The molecule has 0 amide bonds. The number of hydrogen-bond donors (Lipinski definition) is 1. The third-order valence-electron chi connectivity index (χ3n) is 4.65. The molecule has 0 heterocycles. The summed E-state index contributed by atoms with van der Waals surface area (Å²) in [7, 11) is -3.72. The van der Waals surface area contributed by atoms with Crippen LogP contribution in [0.2, 0.25) is 0 Å². The lowest BCUT2D eigenvalue weighted by Gasteiger charge is -2.36. The highest BCUT2D eigenvalue weighted by atomic mass is 32.2. The van der Waals surface area contributed by atoms with Gasteiger partial charge in [-0.2, -0.15) is 0 Å². The second-order valence-electron chi connectivity index (χ2n) is 6.53. The number of Topliss-reactive ketones (excluding diaryl/α,β-unsaturated/α-hetero) is 1. The fourth-order valence-corrected chi connectivity index (χ4v) is 4.85. The van der Waals surface area contributed by atoms with Crippen LogP contribution in [-0.4, -0.2) is 14.2 Å². The summed E-state index contributed by atoms with van der Waals surface area (Å²) in [6.07, 6.45) is 2.65. The lowest BCUT2D eigenvalue weighted by molar-refractivity contribution is 0.101. The molecule has 1 aliphatic carbocycles. The van der Waals surface area contributed by atoms with Crippen LogP contribution in [0, 0.1) is 0 Å². The number of carbonyl (C=O) groups excluding carboxylic acids is 1. The van der Waals surface area contributed by atoms with E-state index in [0.29, 0.717) is 5.56 Å². The first kappa shape index (κ1) is 16.9. The lowest BCUT2D eigenvalue weighted by Crippen LogP contribution is -2.45. The first-order chi connectivity index (χ1) is 11.3. The molecule has 2 aromatic carbocycles. The van der Waals surface area contributed by atoms with E-state index in [-0.39, 0.29) is 10.7 Å². The Kier molecular flexibility index (Phi) is 4.32. The minimum atomic E-state index is -3.72. The molecule has 5 heteroatoms. The van der Waals surface area contributed by atoms with Gasteiger partial charge in [-0.05, 0) is 56.4 Å². The molecular formula is C19H21NO3S. The van der Waals surface area contributed by atoms with Gasteiger partial charge in [0.25, 0.3) is 0 Å². The number of carbonyl (C=O) groups is 1. The summed E-state index contributed by atoms with van der Waals surface area (Å²) in [4.78, 5) is 11.7. The molecule has 0 radical (unpaired) electrons. The zero-order chi connectivity index (χ0) is 17.4. The summed E-state index contributed by atoms with van der Waals surface area (Å²) in [6.45, 7) is 3.36. The summed E-state index contributed by atoms with van der Waals surface area (Å²) < 4.78 is 28.6. The molecular weight excluding hydrogens is 322 g/mol. The summed E-state index contributed by atoms with van der Waals surface area (Å²) in [6, 6.07) is 14.1. The van der Waals surface area contributed by atoms with Crippen LogP contribution in [0.4, 0.5) is 0 Å². The van der Waals surface area contributed by atoms with E-state index in [4.69, 9.17) is 0 Å². The zero-order valence-corrected chi connectivity index (χ0v) is 14.7. The van der Waals surface area contributed by atoms with E-state index in [0.717, 1.165) is 24.8 Å². The Morgan fingerprint density at radius 1 is 1.12 bits per heavy atom. The van der Waals surface area contributed by atoms with E-state index in [1.807, 2.05) is 25.1 Å². The minimum absolute atomic E-state index is 0.125. The first-order valence-corrected chi connectivity index (χ1v) is 9.53. The largest absolute Gasteiger partial charge is 0.295 e. The standard InChI is InChI=1S/C19H21NO3S/c1-14(21)16-8-5-10-17(13-16)24(22,23)20-19(2)12-6-9-15-7-3-4-11-18(15)19/h3-5,7-8,10-11,13,20H,6,9,12H2,1-2H3/t19-/m0/s1. The number of nitrogens with one attached hydrogen (secondary N) is 1. The molecule has 0 aliphatic heterocycles. The number of aryl methyl sites for hydroxylation is 1. The van der Waals surface area contributed by atoms with Crippen LogP contribution >= 0.6 is 0 Å². The van der Waals surface area contributed by atoms with Gasteiger partial charge in [0.15, 0.2) is 5.78 Å². The normalized spacial score (nSPS) is 20.4. The predicted molar refractivity (Wildman–Crippen MR) is 93.5 cm³/mol. The molecule has 0 fully saturated rings. The van der Waals surface area contributed by atoms with Gasteiger partial charge in [-0.15, -0.1) is 0 Å². The van der Waals surface area contributed by atoms with E-state index >= 15 is 0 Å². The Morgan fingerprint density at radius 3 is 2.62 bits per heavy atom.